The first-order valence-corrected chi connectivity index (χ1v) is 8.74. The monoisotopic (exact) mass is 323 g/mol. The molecule has 0 amide bonds. The van der Waals surface area contributed by atoms with Gasteiger partial charge in [-0.25, -0.2) is 13.1 Å². The summed E-state index contributed by atoms with van der Waals surface area (Å²) in [4.78, 5) is 0.273. The van der Waals surface area contributed by atoms with E-state index in [4.69, 9.17) is 11.6 Å². The van der Waals surface area contributed by atoms with Crippen LogP contribution in [0, 0.1) is 6.92 Å². The summed E-state index contributed by atoms with van der Waals surface area (Å²) in [5, 5.41) is 0. The molecule has 0 saturated carbocycles. The maximum atomic E-state index is 12.2. The van der Waals surface area contributed by atoms with Crippen molar-refractivity contribution in [3.05, 3.63) is 65.2 Å². The molecule has 0 aliphatic heterocycles. The lowest BCUT2D eigenvalue weighted by molar-refractivity contribution is 0.581. The maximum Gasteiger partial charge on any atom is 0.240 e. The van der Waals surface area contributed by atoms with Crippen molar-refractivity contribution in [2.24, 2.45) is 0 Å². The number of aryl methyl sites for hydroxylation is 2. The Kier molecular flexibility index (Phi) is 5.39. The Balaban J connectivity index is 2.09. The molecule has 0 spiro atoms. The van der Waals surface area contributed by atoms with Crippen LogP contribution in [0.25, 0.3) is 0 Å². The van der Waals surface area contributed by atoms with Crippen molar-refractivity contribution < 1.29 is 8.42 Å². The SMILES string of the molecule is Cc1ccccc1CNS(=O)(=O)c1ccc(CCCl)cc1. The Morgan fingerprint density at radius 1 is 1.05 bits per heavy atom. The molecule has 0 fully saturated rings. The zero-order valence-electron chi connectivity index (χ0n) is 11.8. The van der Waals surface area contributed by atoms with Crippen molar-refractivity contribution in [2.75, 3.05) is 5.88 Å². The molecule has 2 aromatic rings. The van der Waals surface area contributed by atoms with E-state index in [0.29, 0.717) is 12.4 Å². The molecule has 0 aromatic heterocycles. The molecule has 21 heavy (non-hydrogen) atoms. The standard InChI is InChI=1S/C16H18ClNO2S/c1-13-4-2-3-5-15(13)12-18-21(19,20)16-8-6-14(7-9-16)10-11-17/h2-9,18H,10-12H2,1H3. The molecule has 0 radical (unpaired) electrons. The third-order valence-corrected chi connectivity index (χ3v) is 4.94. The van der Waals surface area contributed by atoms with Gasteiger partial charge in [0.2, 0.25) is 10.0 Å². The van der Waals surface area contributed by atoms with Gasteiger partial charge in [0.05, 0.1) is 4.90 Å². The minimum atomic E-state index is -3.49. The Hall–Kier alpha value is -1.36. The molecule has 2 rings (SSSR count). The first kappa shape index (κ1) is 16.0. The summed E-state index contributed by atoms with van der Waals surface area (Å²) < 4.78 is 27.1. The number of rotatable bonds is 6. The first-order valence-electron chi connectivity index (χ1n) is 6.72. The van der Waals surface area contributed by atoms with Crippen LogP contribution >= 0.6 is 11.6 Å². The summed E-state index contributed by atoms with van der Waals surface area (Å²) in [5.74, 6) is 0.525. The summed E-state index contributed by atoms with van der Waals surface area (Å²) in [6.07, 6.45) is 0.735. The lowest BCUT2D eigenvalue weighted by atomic mass is 10.1. The zero-order chi connectivity index (χ0) is 15.3. The van der Waals surface area contributed by atoms with Crippen LogP contribution in [0.4, 0.5) is 0 Å². The van der Waals surface area contributed by atoms with Crippen LogP contribution in [0.5, 0.6) is 0 Å². The number of halogens is 1. The van der Waals surface area contributed by atoms with Crippen LogP contribution in [0.3, 0.4) is 0 Å². The highest BCUT2D eigenvalue weighted by Gasteiger charge is 2.13. The number of hydrogen-bond acceptors (Lipinski definition) is 2. The van der Waals surface area contributed by atoms with E-state index < -0.39 is 10.0 Å². The molecule has 0 saturated heterocycles. The summed E-state index contributed by atoms with van der Waals surface area (Å²) in [5.41, 5.74) is 3.07. The second-order valence-electron chi connectivity index (χ2n) is 4.83. The average Bonchev–Trinajstić information content (AvgIpc) is 2.47. The number of benzene rings is 2. The van der Waals surface area contributed by atoms with E-state index in [1.807, 2.05) is 31.2 Å². The maximum absolute atomic E-state index is 12.2. The normalized spacial score (nSPS) is 11.5. The largest absolute Gasteiger partial charge is 0.240 e. The van der Waals surface area contributed by atoms with Gasteiger partial charge in [-0.15, -0.1) is 11.6 Å². The number of hydrogen-bond donors (Lipinski definition) is 1. The summed E-state index contributed by atoms with van der Waals surface area (Å²) >= 11 is 5.67. The molecular weight excluding hydrogens is 306 g/mol. The van der Waals surface area contributed by atoms with Crippen molar-refractivity contribution in [3.63, 3.8) is 0 Å². The van der Waals surface area contributed by atoms with Gasteiger partial charge in [-0.05, 0) is 42.2 Å². The Morgan fingerprint density at radius 2 is 1.71 bits per heavy atom. The molecule has 0 atom stereocenters. The molecule has 0 unspecified atom stereocenters. The smallest absolute Gasteiger partial charge is 0.207 e. The molecule has 1 N–H and O–H groups in total. The van der Waals surface area contributed by atoms with Gasteiger partial charge in [-0.1, -0.05) is 36.4 Å². The second kappa shape index (κ2) is 7.07. The van der Waals surface area contributed by atoms with E-state index in [-0.39, 0.29) is 4.90 Å². The van der Waals surface area contributed by atoms with Crippen molar-refractivity contribution in [1.82, 2.24) is 4.72 Å². The average molecular weight is 324 g/mol. The van der Waals surface area contributed by atoms with E-state index in [1.54, 1.807) is 24.3 Å². The van der Waals surface area contributed by atoms with Crippen LogP contribution in [-0.2, 0) is 23.0 Å². The molecule has 3 nitrogen and oxygen atoms in total. The van der Waals surface area contributed by atoms with Gasteiger partial charge in [0.25, 0.3) is 0 Å². The summed E-state index contributed by atoms with van der Waals surface area (Å²) in [6, 6.07) is 14.5. The fraction of sp³-hybridized carbons (Fsp3) is 0.250. The van der Waals surface area contributed by atoms with Crippen molar-refractivity contribution in [1.29, 1.82) is 0 Å². The van der Waals surface area contributed by atoms with Crippen molar-refractivity contribution >= 4 is 21.6 Å². The fourth-order valence-corrected chi connectivity index (χ4v) is 3.23. The van der Waals surface area contributed by atoms with Gasteiger partial charge in [-0.2, -0.15) is 0 Å². The molecular formula is C16H18ClNO2S. The molecule has 0 heterocycles. The Morgan fingerprint density at radius 3 is 2.33 bits per heavy atom. The van der Waals surface area contributed by atoms with Crippen LogP contribution in [0.1, 0.15) is 16.7 Å². The van der Waals surface area contributed by atoms with E-state index >= 15 is 0 Å². The van der Waals surface area contributed by atoms with E-state index in [0.717, 1.165) is 23.1 Å². The molecule has 5 heteroatoms. The highest BCUT2D eigenvalue weighted by Crippen LogP contribution is 2.13. The predicted octanol–water partition coefficient (Wildman–Crippen LogP) is 3.25. The van der Waals surface area contributed by atoms with E-state index in [1.165, 1.54) is 0 Å². The highest BCUT2D eigenvalue weighted by molar-refractivity contribution is 7.89. The third-order valence-electron chi connectivity index (χ3n) is 3.33. The molecule has 0 bridgehead atoms. The molecule has 0 aliphatic carbocycles. The van der Waals surface area contributed by atoms with Crippen LogP contribution in [0.15, 0.2) is 53.4 Å². The zero-order valence-corrected chi connectivity index (χ0v) is 13.4. The Labute approximate surface area is 131 Å². The number of nitrogens with one attached hydrogen (secondary N) is 1. The van der Waals surface area contributed by atoms with Gasteiger partial charge in [0, 0.05) is 12.4 Å². The topological polar surface area (TPSA) is 46.2 Å². The lowest BCUT2D eigenvalue weighted by Gasteiger charge is -2.09. The predicted molar refractivity (Wildman–Crippen MR) is 86.1 cm³/mol. The van der Waals surface area contributed by atoms with Gasteiger partial charge in [0.15, 0.2) is 0 Å². The Bertz CT molecular complexity index is 696. The number of alkyl halides is 1. The first-order chi connectivity index (χ1) is 10.0. The quantitative estimate of drug-likeness (QED) is 0.829. The minimum Gasteiger partial charge on any atom is -0.207 e. The van der Waals surface area contributed by atoms with E-state index in [2.05, 4.69) is 4.72 Å². The summed E-state index contributed by atoms with van der Waals surface area (Å²) in [7, 11) is -3.49. The molecule has 112 valence electrons. The van der Waals surface area contributed by atoms with Gasteiger partial charge in [0.1, 0.15) is 0 Å². The minimum absolute atomic E-state index is 0.273. The van der Waals surface area contributed by atoms with E-state index in [9.17, 15) is 8.42 Å². The number of sulfonamides is 1. The lowest BCUT2D eigenvalue weighted by Crippen LogP contribution is -2.23. The highest BCUT2D eigenvalue weighted by atomic mass is 35.5. The van der Waals surface area contributed by atoms with Crippen LogP contribution in [0.2, 0.25) is 0 Å². The van der Waals surface area contributed by atoms with Crippen LogP contribution < -0.4 is 4.72 Å². The van der Waals surface area contributed by atoms with Crippen LogP contribution in [-0.4, -0.2) is 14.3 Å². The van der Waals surface area contributed by atoms with Gasteiger partial charge >= 0.3 is 0 Å². The fourth-order valence-electron chi connectivity index (χ4n) is 2.01. The van der Waals surface area contributed by atoms with Gasteiger partial charge in [-0.3, -0.25) is 0 Å². The summed E-state index contributed by atoms with van der Waals surface area (Å²) in [6.45, 7) is 2.25. The third kappa shape index (κ3) is 4.30. The molecule has 0 aliphatic rings. The van der Waals surface area contributed by atoms with Gasteiger partial charge < -0.3 is 0 Å². The molecule has 2 aromatic carbocycles. The van der Waals surface area contributed by atoms with Crippen molar-refractivity contribution in [2.45, 2.75) is 24.8 Å². The second-order valence-corrected chi connectivity index (χ2v) is 6.98. The van der Waals surface area contributed by atoms with Crippen molar-refractivity contribution in [3.8, 4) is 0 Å².